The number of hydrogen-bond acceptors (Lipinski definition) is 2. The number of halogens is 1. The van der Waals surface area contributed by atoms with Gasteiger partial charge in [0.25, 0.3) is 0 Å². The Morgan fingerprint density at radius 2 is 1.81 bits per heavy atom. The molecule has 1 aliphatic carbocycles. The molecule has 1 unspecified atom stereocenters. The predicted molar refractivity (Wildman–Crippen MR) is 85.9 cm³/mol. The molecule has 114 valence electrons. The predicted octanol–water partition coefficient (Wildman–Crippen LogP) is 4.06. The van der Waals surface area contributed by atoms with Crippen molar-refractivity contribution in [1.29, 1.82) is 0 Å². The summed E-state index contributed by atoms with van der Waals surface area (Å²) in [5.74, 6) is 0. The van der Waals surface area contributed by atoms with E-state index >= 15 is 0 Å². The zero-order valence-electron chi connectivity index (χ0n) is 12.5. The molecular formula is C18H24ClNO. The van der Waals surface area contributed by atoms with Crippen molar-refractivity contribution in [1.82, 2.24) is 5.32 Å². The molecule has 3 fully saturated rings. The highest BCUT2D eigenvalue weighted by Gasteiger charge is 2.47. The van der Waals surface area contributed by atoms with Crippen LogP contribution in [0.5, 0.6) is 0 Å². The minimum Gasteiger partial charge on any atom is -0.372 e. The second-order valence-corrected chi connectivity index (χ2v) is 7.70. The summed E-state index contributed by atoms with van der Waals surface area (Å²) in [7, 11) is 0. The van der Waals surface area contributed by atoms with E-state index in [9.17, 15) is 0 Å². The number of nitrogens with one attached hydrogen (secondary N) is 1. The Balaban J connectivity index is 1.48. The molecule has 1 atom stereocenters. The van der Waals surface area contributed by atoms with Crippen LogP contribution in [0.25, 0.3) is 0 Å². The van der Waals surface area contributed by atoms with Crippen LogP contribution in [0.4, 0.5) is 0 Å². The summed E-state index contributed by atoms with van der Waals surface area (Å²) in [6, 6.07) is 8.43. The molecule has 1 spiro atoms. The average Bonchev–Trinajstić information content (AvgIpc) is 3.06. The largest absolute Gasteiger partial charge is 0.372 e. The molecular weight excluding hydrogens is 282 g/mol. The Kier molecular flexibility index (Phi) is 3.52. The lowest BCUT2D eigenvalue weighted by atomic mass is 9.71. The molecule has 1 saturated carbocycles. The molecule has 4 rings (SSSR count). The minimum absolute atomic E-state index is 0.253. The third-order valence-electron chi connectivity index (χ3n) is 5.86. The van der Waals surface area contributed by atoms with Crippen molar-refractivity contribution in [2.75, 3.05) is 13.1 Å². The second-order valence-electron chi connectivity index (χ2n) is 7.26. The Bertz CT molecular complexity index is 502. The summed E-state index contributed by atoms with van der Waals surface area (Å²) in [6.07, 6.45) is 9.42. The molecule has 0 bridgehead atoms. The van der Waals surface area contributed by atoms with Crippen molar-refractivity contribution < 1.29 is 4.74 Å². The van der Waals surface area contributed by atoms with E-state index in [0.29, 0.717) is 6.10 Å². The van der Waals surface area contributed by atoms with Crippen LogP contribution in [0.15, 0.2) is 24.3 Å². The van der Waals surface area contributed by atoms with Crippen LogP contribution in [0.2, 0.25) is 5.02 Å². The third-order valence-corrected chi connectivity index (χ3v) is 6.11. The molecule has 1 aromatic rings. The fourth-order valence-corrected chi connectivity index (χ4v) is 4.68. The molecule has 0 aromatic heterocycles. The monoisotopic (exact) mass is 305 g/mol. The van der Waals surface area contributed by atoms with E-state index in [1.54, 1.807) is 0 Å². The van der Waals surface area contributed by atoms with E-state index in [0.717, 1.165) is 24.5 Å². The lowest BCUT2D eigenvalue weighted by molar-refractivity contribution is -0.0501. The van der Waals surface area contributed by atoms with Gasteiger partial charge in [-0.1, -0.05) is 36.6 Å². The fourth-order valence-electron chi connectivity index (χ4n) is 4.56. The van der Waals surface area contributed by atoms with Crippen molar-refractivity contribution in [3.63, 3.8) is 0 Å². The summed E-state index contributed by atoms with van der Waals surface area (Å²) >= 11 is 6.03. The topological polar surface area (TPSA) is 21.3 Å². The fraction of sp³-hybridized carbons (Fsp3) is 0.667. The highest BCUT2D eigenvalue weighted by molar-refractivity contribution is 6.30. The number of rotatable bonds is 3. The maximum absolute atomic E-state index is 6.53. The van der Waals surface area contributed by atoms with Gasteiger partial charge in [0.2, 0.25) is 0 Å². The van der Waals surface area contributed by atoms with E-state index in [4.69, 9.17) is 16.3 Å². The van der Waals surface area contributed by atoms with Crippen LogP contribution in [0, 0.1) is 0 Å². The molecule has 21 heavy (non-hydrogen) atoms. The van der Waals surface area contributed by atoms with Crippen molar-refractivity contribution in [3.05, 3.63) is 34.9 Å². The van der Waals surface area contributed by atoms with Crippen molar-refractivity contribution in [3.8, 4) is 0 Å². The van der Waals surface area contributed by atoms with E-state index in [-0.39, 0.29) is 11.0 Å². The summed E-state index contributed by atoms with van der Waals surface area (Å²) in [4.78, 5) is 0. The van der Waals surface area contributed by atoms with Gasteiger partial charge in [-0.2, -0.15) is 0 Å². The molecule has 0 amide bonds. The van der Waals surface area contributed by atoms with Crippen LogP contribution in [-0.2, 0) is 10.2 Å². The van der Waals surface area contributed by atoms with Gasteiger partial charge in [-0.05, 0) is 49.8 Å². The van der Waals surface area contributed by atoms with Gasteiger partial charge in [0.1, 0.15) is 0 Å². The van der Waals surface area contributed by atoms with E-state index in [1.165, 1.54) is 44.1 Å². The van der Waals surface area contributed by atoms with Crippen molar-refractivity contribution >= 4 is 11.6 Å². The van der Waals surface area contributed by atoms with Gasteiger partial charge in [0.05, 0.1) is 11.7 Å². The number of hydrogen-bond donors (Lipinski definition) is 1. The quantitative estimate of drug-likeness (QED) is 0.909. The maximum Gasteiger partial charge on any atom is 0.0687 e. The third kappa shape index (κ3) is 2.52. The van der Waals surface area contributed by atoms with Crippen LogP contribution in [0.1, 0.15) is 50.5 Å². The number of benzene rings is 1. The van der Waals surface area contributed by atoms with E-state index < -0.39 is 0 Å². The maximum atomic E-state index is 6.53. The smallest absolute Gasteiger partial charge is 0.0687 e. The molecule has 1 aromatic carbocycles. The minimum atomic E-state index is 0.253. The molecule has 2 nitrogen and oxygen atoms in total. The van der Waals surface area contributed by atoms with Crippen molar-refractivity contribution in [2.24, 2.45) is 0 Å². The molecule has 3 aliphatic rings. The molecule has 2 aliphatic heterocycles. The van der Waals surface area contributed by atoms with Crippen LogP contribution >= 0.6 is 11.6 Å². The summed E-state index contributed by atoms with van der Waals surface area (Å²) < 4.78 is 6.53. The zero-order valence-corrected chi connectivity index (χ0v) is 13.3. The van der Waals surface area contributed by atoms with Crippen LogP contribution in [-0.4, -0.2) is 24.8 Å². The van der Waals surface area contributed by atoms with E-state index in [2.05, 4.69) is 17.4 Å². The van der Waals surface area contributed by atoms with Crippen LogP contribution < -0.4 is 5.32 Å². The van der Waals surface area contributed by atoms with Gasteiger partial charge < -0.3 is 10.1 Å². The first-order valence-electron chi connectivity index (χ1n) is 8.35. The second kappa shape index (κ2) is 5.26. The molecule has 3 heteroatoms. The molecule has 2 heterocycles. The zero-order chi connectivity index (χ0) is 14.3. The standard InChI is InChI=1S/C18H24ClNO/c19-15-5-3-14(4-6-15)17(12-20-13-17)11-16-7-10-18(21-16)8-1-2-9-18/h3-6,16,20H,1-2,7-13H2. The Morgan fingerprint density at radius 1 is 1.10 bits per heavy atom. The molecule has 2 saturated heterocycles. The summed E-state index contributed by atoms with van der Waals surface area (Å²) in [6.45, 7) is 2.14. The molecule has 0 radical (unpaired) electrons. The highest BCUT2D eigenvalue weighted by Crippen LogP contribution is 2.46. The SMILES string of the molecule is Clc1ccc(C2(CC3CCC4(CCCC4)O3)CNC2)cc1. The normalized spacial score (nSPS) is 29.7. The Labute approximate surface area is 132 Å². The first kappa shape index (κ1) is 14.0. The summed E-state index contributed by atoms with van der Waals surface area (Å²) in [5, 5.41) is 4.28. The Hall–Kier alpha value is -0.570. The lowest BCUT2D eigenvalue weighted by Crippen LogP contribution is -2.58. The first-order chi connectivity index (χ1) is 10.2. The van der Waals surface area contributed by atoms with Crippen LogP contribution in [0.3, 0.4) is 0 Å². The lowest BCUT2D eigenvalue weighted by Gasteiger charge is -2.45. The average molecular weight is 306 g/mol. The van der Waals surface area contributed by atoms with Crippen molar-refractivity contribution in [2.45, 2.75) is 62.1 Å². The van der Waals surface area contributed by atoms with Gasteiger partial charge in [-0.3, -0.25) is 0 Å². The summed E-state index contributed by atoms with van der Waals surface area (Å²) in [5.41, 5.74) is 1.93. The molecule has 1 N–H and O–H groups in total. The van der Waals surface area contributed by atoms with Gasteiger partial charge in [-0.25, -0.2) is 0 Å². The first-order valence-corrected chi connectivity index (χ1v) is 8.72. The van der Waals surface area contributed by atoms with Gasteiger partial charge in [0.15, 0.2) is 0 Å². The Morgan fingerprint density at radius 3 is 2.43 bits per heavy atom. The highest BCUT2D eigenvalue weighted by atomic mass is 35.5. The number of ether oxygens (including phenoxy) is 1. The van der Waals surface area contributed by atoms with E-state index in [1.807, 2.05) is 12.1 Å². The van der Waals surface area contributed by atoms with Gasteiger partial charge in [0, 0.05) is 23.5 Å². The van der Waals surface area contributed by atoms with Gasteiger partial charge >= 0.3 is 0 Å². The van der Waals surface area contributed by atoms with Gasteiger partial charge in [-0.15, -0.1) is 0 Å².